The van der Waals surface area contributed by atoms with Gasteiger partial charge < -0.3 is 15.8 Å². The van der Waals surface area contributed by atoms with Crippen molar-refractivity contribution in [3.63, 3.8) is 0 Å². The van der Waals surface area contributed by atoms with E-state index >= 15 is 0 Å². The molecule has 0 radical (unpaired) electrons. The number of hydrogen-bond acceptors (Lipinski definition) is 6. The fourth-order valence-corrected chi connectivity index (χ4v) is 3.38. The lowest BCUT2D eigenvalue weighted by molar-refractivity contribution is -0.123. The van der Waals surface area contributed by atoms with Gasteiger partial charge in [-0.3, -0.25) is 9.59 Å². The topological polar surface area (TPSA) is 133 Å². The average molecular weight is 404 g/mol. The molecule has 2 aromatic carbocycles. The van der Waals surface area contributed by atoms with Crippen LogP contribution in [0.1, 0.15) is 34.6 Å². The van der Waals surface area contributed by atoms with Crippen LogP contribution < -0.4 is 11.1 Å². The molecular weight excluding hydrogens is 384 g/mol. The van der Waals surface area contributed by atoms with Crippen LogP contribution in [0, 0.1) is 0 Å². The maximum atomic E-state index is 12.4. The van der Waals surface area contributed by atoms with Crippen LogP contribution in [-0.4, -0.2) is 38.1 Å². The predicted molar refractivity (Wildman–Crippen MR) is 103 cm³/mol. The monoisotopic (exact) mass is 404 g/mol. The molecule has 148 valence electrons. The smallest absolute Gasteiger partial charge is 0.340 e. The number of carbonyl (C=O) groups excluding carboxylic acids is 3. The van der Waals surface area contributed by atoms with Crippen LogP contribution in [0.3, 0.4) is 0 Å². The number of anilines is 1. The molecule has 0 aliphatic heterocycles. The van der Waals surface area contributed by atoms with Crippen LogP contribution in [-0.2, 0) is 19.4 Å². The number of esters is 1. The zero-order valence-electron chi connectivity index (χ0n) is 15.3. The van der Waals surface area contributed by atoms with Crippen LogP contribution in [0.4, 0.5) is 5.69 Å². The Bertz CT molecular complexity index is 999. The second-order valence-corrected chi connectivity index (χ2v) is 8.12. The van der Waals surface area contributed by atoms with Crippen molar-refractivity contribution in [2.75, 3.05) is 11.1 Å². The largest absolute Gasteiger partial charge is 0.449 e. The maximum absolute atomic E-state index is 12.4. The molecule has 0 unspecified atom stereocenters. The van der Waals surface area contributed by atoms with Gasteiger partial charge in [-0.25, -0.2) is 13.2 Å². The first-order chi connectivity index (χ1) is 13.2. The highest BCUT2D eigenvalue weighted by molar-refractivity contribution is 7.91. The number of nitrogens with one attached hydrogen (secondary N) is 1. The summed E-state index contributed by atoms with van der Waals surface area (Å²) in [5.74, 6) is -2.30. The summed E-state index contributed by atoms with van der Waals surface area (Å²) in [6.07, 6.45) is -1.18. The Kier molecular flexibility index (Phi) is 6.53. The summed E-state index contributed by atoms with van der Waals surface area (Å²) in [5, 5.41) is 2.53. The summed E-state index contributed by atoms with van der Waals surface area (Å²) in [7, 11) is -3.63. The molecule has 2 amide bonds. The van der Waals surface area contributed by atoms with Crippen molar-refractivity contribution in [1.29, 1.82) is 0 Å². The average Bonchev–Trinajstić information content (AvgIpc) is 2.68. The van der Waals surface area contributed by atoms with Gasteiger partial charge in [0, 0.05) is 11.3 Å². The van der Waals surface area contributed by atoms with Gasteiger partial charge in [0.25, 0.3) is 5.91 Å². The molecule has 0 saturated heterocycles. The Morgan fingerprint density at radius 2 is 1.68 bits per heavy atom. The molecule has 9 heteroatoms. The van der Waals surface area contributed by atoms with Crippen LogP contribution >= 0.6 is 0 Å². The molecule has 8 nitrogen and oxygen atoms in total. The molecule has 2 rings (SSSR count). The molecule has 2 aromatic rings. The fourth-order valence-electron chi connectivity index (χ4n) is 2.30. The lowest BCUT2D eigenvalue weighted by Gasteiger charge is -2.15. The lowest BCUT2D eigenvalue weighted by Crippen LogP contribution is -2.30. The standard InChI is InChI=1S/C19H20N2O6S/c1-3-28(25,26)16-7-5-4-6-15(16)19(24)27-12(2)18(23)21-14-10-8-13(9-11-14)17(20)22/h4-12H,3H2,1-2H3,(H2,20,22)(H,21,23)/t12-/m1/s1. The number of carbonyl (C=O) groups is 3. The number of amides is 2. The van der Waals surface area contributed by atoms with Gasteiger partial charge in [-0.1, -0.05) is 19.1 Å². The van der Waals surface area contributed by atoms with E-state index in [4.69, 9.17) is 10.5 Å². The summed E-state index contributed by atoms with van der Waals surface area (Å²) in [6, 6.07) is 11.5. The first-order valence-electron chi connectivity index (χ1n) is 8.39. The maximum Gasteiger partial charge on any atom is 0.340 e. The summed E-state index contributed by atoms with van der Waals surface area (Å²) in [5.41, 5.74) is 5.68. The van der Waals surface area contributed by atoms with E-state index in [9.17, 15) is 22.8 Å². The van der Waals surface area contributed by atoms with E-state index in [1.54, 1.807) is 0 Å². The normalized spacial score (nSPS) is 12.1. The van der Waals surface area contributed by atoms with Crippen molar-refractivity contribution in [2.24, 2.45) is 5.73 Å². The third kappa shape index (κ3) is 4.95. The molecule has 0 aromatic heterocycles. The Morgan fingerprint density at radius 3 is 2.25 bits per heavy atom. The van der Waals surface area contributed by atoms with E-state index in [1.165, 1.54) is 62.4 Å². The van der Waals surface area contributed by atoms with Crippen LogP contribution in [0.15, 0.2) is 53.4 Å². The Balaban J connectivity index is 2.10. The summed E-state index contributed by atoms with van der Waals surface area (Å²) < 4.78 is 29.4. The minimum Gasteiger partial charge on any atom is -0.449 e. The van der Waals surface area contributed by atoms with Crippen LogP contribution in [0.2, 0.25) is 0 Å². The lowest BCUT2D eigenvalue weighted by atomic mass is 10.2. The predicted octanol–water partition coefficient (Wildman–Crippen LogP) is 1.76. The highest BCUT2D eigenvalue weighted by atomic mass is 32.2. The number of rotatable bonds is 7. The molecular formula is C19H20N2O6S. The quantitative estimate of drug-likeness (QED) is 0.676. The number of ether oxygens (including phenoxy) is 1. The number of hydrogen-bond donors (Lipinski definition) is 2. The van der Waals surface area contributed by atoms with E-state index in [2.05, 4.69) is 5.32 Å². The first-order valence-corrected chi connectivity index (χ1v) is 10.0. The molecule has 0 heterocycles. The van der Waals surface area contributed by atoms with E-state index in [1.807, 2.05) is 0 Å². The molecule has 0 spiro atoms. The van der Waals surface area contributed by atoms with Gasteiger partial charge in [0.2, 0.25) is 5.91 Å². The molecule has 0 bridgehead atoms. The molecule has 0 saturated carbocycles. The van der Waals surface area contributed by atoms with E-state index in [0.29, 0.717) is 5.69 Å². The first kappa shape index (κ1) is 21.1. The fraction of sp³-hybridized carbons (Fsp3) is 0.211. The molecule has 1 atom stereocenters. The van der Waals surface area contributed by atoms with Crippen molar-refractivity contribution in [1.82, 2.24) is 0 Å². The van der Waals surface area contributed by atoms with E-state index in [0.717, 1.165) is 0 Å². The number of benzene rings is 2. The second-order valence-electron chi connectivity index (χ2n) is 5.88. The van der Waals surface area contributed by atoms with Gasteiger partial charge in [-0.15, -0.1) is 0 Å². The molecule has 3 N–H and O–H groups in total. The van der Waals surface area contributed by atoms with Gasteiger partial charge in [0.05, 0.1) is 16.2 Å². The van der Waals surface area contributed by atoms with Gasteiger partial charge in [0.15, 0.2) is 15.9 Å². The van der Waals surface area contributed by atoms with Crippen molar-refractivity contribution < 1.29 is 27.5 Å². The van der Waals surface area contributed by atoms with Crippen molar-refractivity contribution in [2.45, 2.75) is 24.8 Å². The van der Waals surface area contributed by atoms with Crippen LogP contribution in [0.25, 0.3) is 0 Å². The Morgan fingerprint density at radius 1 is 1.07 bits per heavy atom. The highest BCUT2D eigenvalue weighted by Crippen LogP contribution is 2.19. The third-order valence-electron chi connectivity index (χ3n) is 3.91. The van der Waals surface area contributed by atoms with E-state index < -0.39 is 33.7 Å². The SMILES string of the molecule is CCS(=O)(=O)c1ccccc1C(=O)O[C@H](C)C(=O)Nc1ccc(C(N)=O)cc1. The second kappa shape index (κ2) is 8.66. The number of nitrogens with two attached hydrogens (primary N) is 1. The Labute approximate surface area is 162 Å². The molecule has 0 aliphatic carbocycles. The van der Waals surface area contributed by atoms with Crippen molar-refractivity contribution in [3.8, 4) is 0 Å². The molecule has 28 heavy (non-hydrogen) atoms. The Hall–Kier alpha value is -3.20. The summed E-state index contributed by atoms with van der Waals surface area (Å²) in [4.78, 5) is 35.5. The number of sulfone groups is 1. The summed E-state index contributed by atoms with van der Waals surface area (Å²) >= 11 is 0. The van der Waals surface area contributed by atoms with Gasteiger partial charge in [0.1, 0.15) is 0 Å². The van der Waals surface area contributed by atoms with Gasteiger partial charge >= 0.3 is 5.97 Å². The number of primary amides is 1. The molecule has 0 fully saturated rings. The van der Waals surface area contributed by atoms with E-state index in [-0.39, 0.29) is 21.8 Å². The summed E-state index contributed by atoms with van der Waals surface area (Å²) in [6.45, 7) is 2.83. The minimum atomic E-state index is -3.63. The van der Waals surface area contributed by atoms with Crippen LogP contribution in [0.5, 0.6) is 0 Å². The van der Waals surface area contributed by atoms with Gasteiger partial charge in [-0.05, 0) is 43.3 Å². The molecule has 0 aliphatic rings. The zero-order valence-corrected chi connectivity index (χ0v) is 16.2. The van der Waals surface area contributed by atoms with Crippen molar-refractivity contribution >= 4 is 33.3 Å². The van der Waals surface area contributed by atoms with Gasteiger partial charge in [-0.2, -0.15) is 0 Å². The third-order valence-corrected chi connectivity index (χ3v) is 5.70. The van der Waals surface area contributed by atoms with Crippen molar-refractivity contribution in [3.05, 3.63) is 59.7 Å². The zero-order chi connectivity index (χ0) is 20.9. The minimum absolute atomic E-state index is 0.130. The highest BCUT2D eigenvalue weighted by Gasteiger charge is 2.25.